The van der Waals surface area contributed by atoms with E-state index in [0.29, 0.717) is 0 Å². The maximum absolute atomic E-state index is 2.54. The minimum atomic E-state index is -0.156. The van der Waals surface area contributed by atoms with Gasteiger partial charge in [-0.25, -0.2) is 0 Å². The Balaban J connectivity index is 1.08. The molecule has 0 atom stereocenters. The lowest BCUT2D eigenvalue weighted by Gasteiger charge is -2.23. The maximum atomic E-state index is 2.54. The smallest absolute Gasteiger partial charge is 0.0588 e. The second kappa shape index (κ2) is 11.9. The molecule has 12 rings (SSSR count). The summed E-state index contributed by atoms with van der Waals surface area (Å²) >= 11 is 0. The largest absolute Gasteiger partial charge is 0.309 e. The molecular formula is C55H38N2. The SMILES string of the molecule is CC1(C)c2ccccc2-c2ccc3c4cc(-c5ccc6c(c5)c5ccccc5n6-c5cccc(-c6ccccc6)c5)ccc4n(-c4ccc5ccccc5c4)c3c21. The van der Waals surface area contributed by atoms with Crippen LogP contribution in [-0.4, -0.2) is 9.13 Å². The van der Waals surface area contributed by atoms with Crippen molar-refractivity contribution < 1.29 is 0 Å². The first kappa shape index (κ1) is 32.1. The lowest BCUT2D eigenvalue weighted by Crippen LogP contribution is -2.16. The zero-order valence-corrected chi connectivity index (χ0v) is 31.9. The molecule has 2 heteroatoms. The van der Waals surface area contributed by atoms with Gasteiger partial charge in [-0.05, 0) is 110 Å². The average Bonchev–Trinajstić information content (AvgIpc) is 3.86. The van der Waals surface area contributed by atoms with Crippen LogP contribution in [0.4, 0.5) is 0 Å². The quantitative estimate of drug-likeness (QED) is 0.171. The minimum absolute atomic E-state index is 0.156. The third kappa shape index (κ3) is 4.65. The molecule has 2 aromatic heterocycles. The van der Waals surface area contributed by atoms with Crippen molar-refractivity contribution in [3.05, 3.63) is 205 Å². The summed E-state index contributed by atoms with van der Waals surface area (Å²) in [7, 11) is 0. The van der Waals surface area contributed by atoms with Crippen molar-refractivity contribution in [2.24, 2.45) is 0 Å². The Morgan fingerprint density at radius 1 is 0.351 bits per heavy atom. The van der Waals surface area contributed by atoms with Gasteiger partial charge in [-0.15, -0.1) is 0 Å². The van der Waals surface area contributed by atoms with Crippen molar-refractivity contribution in [2.75, 3.05) is 0 Å². The van der Waals surface area contributed by atoms with E-state index in [1.807, 2.05) is 0 Å². The molecule has 0 amide bonds. The topological polar surface area (TPSA) is 9.86 Å². The third-order valence-corrected chi connectivity index (χ3v) is 12.7. The highest BCUT2D eigenvalue weighted by atomic mass is 15.0. The molecule has 0 fully saturated rings. The fourth-order valence-electron chi connectivity index (χ4n) is 10.0. The van der Waals surface area contributed by atoms with Crippen LogP contribution in [0.5, 0.6) is 0 Å². The standard InChI is InChI=1S/C55H38N2/c1-55(2)49-21-10-8-19-43(49)45-27-28-46-48-34-40(25-30-52(48)57(54(46)53(45)55)42-26-23-36-15-6-7-16-37(36)32-42)39-24-29-51-47(33-39)44-20-9-11-22-50(44)56(51)41-18-12-17-38(31-41)35-13-4-3-5-14-35/h3-34H,1-2H3. The monoisotopic (exact) mass is 726 g/mol. The zero-order valence-electron chi connectivity index (χ0n) is 31.9. The number of para-hydroxylation sites is 1. The van der Waals surface area contributed by atoms with E-state index in [0.717, 1.165) is 5.69 Å². The minimum Gasteiger partial charge on any atom is -0.309 e. The highest BCUT2D eigenvalue weighted by Crippen LogP contribution is 2.53. The van der Waals surface area contributed by atoms with E-state index in [-0.39, 0.29) is 5.41 Å². The molecule has 2 nitrogen and oxygen atoms in total. The normalized spacial score (nSPS) is 13.2. The van der Waals surface area contributed by atoms with Gasteiger partial charge in [0.05, 0.1) is 22.1 Å². The molecule has 0 N–H and O–H groups in total. The highest BCUT2D eigenvalue weighted by molar-refractivity contribution is 6.15. The van der Waals surface area contributed by atoms with Gasteiger partial charge in [-0.2, -0.15) is 0 Å². The zero-order chi connectivity index (χ0) is 37.8. The number of nitrogens with zero attached hydrogens (tertiary/aromatic N) is 2. The van der Waals surface area contributed by atoms with Crippen LogP contribution in [0.15, 0.2) is 194 Å². The Morgan fingerprint density at radius 2 is 0.982 bits per heavy atom. The molecule has 0 saturated heterocycles. The van der Waals surface area contributed by atoms with Crippen LogP contribution in [0.1, 0.15) is 25.0 Å². The summed E-state index contributed by atoms with van der Waals surface area (Å²) in [5.41, 5.74) is 17.5. The number of rotatable bonds is 4. The van der Waals surface area contributed by atoms with E-state index < -0.39 is 0 Å². The molecule has 11 aromatic rings. The van der Waals surface area contributed by atoms with Crippen molar-refractivity contribution in [3.63, 3.8) is 0 Å². The Morgan fingerprint density at radius 3 is 1.82 bits per heavy atom. The predicted molar refractivity (Wildman–Crippen MR) is 241 cm³/mol. The van der Waals surface area contributed by atoms with Gasteiger partial charge in [-0.3, -0.25) is 0 Å². The van der Waals surface area contributed by atoms with E-state index in [4.69, 9.17) is 0 Å². The van der Waals surface area contributed by atoms with Crippen molar-refractivity contribution in [2.45, 2.75) is 19.3 Å². The summed E-state index contributed by atoms with van der Waals surface area (Å²) in [4.78, 5) is 0. The molecule has 0 saturated carbocycles. The molecule has 0 aliphatic heterocycles. The van der Waals surface area contributed by atoms with Gasteiger partial charge in [0.2, 0.25) is 0 Å². The van der Waals surface area contributed by atoms with E-state index in [9.17, 15) is 0 Å². The van der Waals surface area contributed by atoms with E-state index in [1.165, 1.54) is 105 Å². The summed E-state index contributed by atoms with van der Waals surface area (Å²) in [6.45, 7) is 4.79. The molecule has 0 radical (unpaired) electrons. The second-order valence-corrected chi connectivity index (χ2v) is 16.2. The number of hydrogen-bond donors (Lipinski definition) is 0. The number of benzene rings is 9. The number of hydrogen-bond acceptors (Lipinski definition) is 0. The highest BCUT2D eigenvalue weighted by Gasteiger charge is 2.38. The summed E-state index contributed by atoms with van der Waals surface area (Å²) in [6.07, 6.45) is 0. The molecule has 1 aliphatic carbocycles. The maximum Gasteiger partial charge on any atom is 0.0588 e. The Kier molecular flexibility index (Phi) is 6.72. The van der Waals surface area contributed by atoms with Gasteiger partial charge >= 0.3 is 0 Å². The lowest BCUT2D eigenvalue weighted by molar-refractivity contribution is 0.664. The lowest BCUT2D eigenvalue weighted by atomic mass is 9.81. The first-order valence-electron chi connectivity index (χ1n) is 19.9. The van der Waals surface area contributed by atoms with Gasteiger partial charge in [0, 0.05) is 38.3 Å². The summed E-state index contributed by atoms with van der Waals surface area (Å²) in [6, 6.07) is 71.8. The van der Waals surface area contributed by atoms with Crippen molar-refractivity contribution in [1.29, 1.82) is 0 Å². The molecule has 9 aromatic carbocycles. The molecule has 0 bridgehead atoms. The van der Waals surface area contributed by atoms with Crippen molar-refractivity contribution in [3.8, 4) is 44.8 Å². The number of aromatic nitrogens is 2. The van der Waals surface area contributed by atoms with Crippen molar-refractivity contribution >= 4 is 54.4 Å². The summed E-state index contributed by atoms with van der Waals surface area (Å²) < 4.78 is 4.95. The molecule has 2 heterocycles. The van der Waals surface area contributed by atoms with Crippen LogP contribution >= 0.6 is 0 Å². The van der Waals surface area contributed by atoms with Gasteiger partial charge in [0.15, 0.2) is 0 Å². The van der Waals surface area contributed by atoms with Crippen molar-refractivity contribution in [1.82, 2.24) is 9.13 Å². The third-order valence-electron chi connectivity index (χ3n) is 12.7. The fraction of sp³-hybridized carbons (Fsp3) is 0.0545. The molecule has 0 unspecified atom stereocenters. The molecule has 57 heavy (non-hydrogen) atoms. The summed E-state index contributed by atoms with van der Waals surface area (Å²) in [5, 5.41) is 7.56. The van der Waals surface area contributed by atoms with Gasteiger partial charge in [0.1, 0.15) is 0 Å². The Hall–Kier alpha value is -7.16. The van der Waals surface area contributed by atoms with Crippen LogP contribution in [0, 0.1) is 0 Å². The van der Waals surface area contributed by atoms with Crippen LogP contribution in [0.3, 0.4) is 0 Å². The van der Waals surface area contributed by atoms with Crippen LogP contribution in [0.25, 0.3) is 99.1 Å². The van der Waals surface area contributed by atoms with E-state index >= 15 is 0 Å². The van der Waals surface area contributed by atoms with Crippen LogP contribution < -0.4 is 0 Å². The summed E-state index contributed by atoms with van der Waals surface area (Å²) in [5.74, 6) is 0. The van der Waals surface area contributed by atoms with Crippen LogP contribution in [0.2, 0.25) is 0 Å². The Labute approximate surface area is 331 Å². The molecule has 1 aliphatic rings. The first-order chi connectivity index (χ1) is 28.0. The van der Waals surface area contributed by atoms with E-state index in [1.54, 1.807) is 0 Å². The van der Waals surface area contributed by atoms with E-state index in [2.05, 4.69) is 217 Å². The second-order valence-electron chi connectivity index (χ2n) is 16.2. The van der Waals surface area contributed by atoms with Gasteiger partial charge < -0.3 is 9.13 Å². The molecule has 268 valence electrons. The van der Waals surface area contributed by atoms with Gasteiger partial charge in [0.25, 0.3) is 0 Å². The first-order valence-corrected chi connectivity index (χ1v) is 19.9. The molecule has 0 spiro atoms. The Bertz CT molecular complexity index is 3430. The molecular weight excluding hydrogens is 689 g/mol. The number of fused-ring (bicyclic) bond motifs is 11. The van der Waals surface area contributed by atoms with Crippen LogP contribution in [-0.2, 0) is 5.41 Å². The predicted octanol–water partition coefficient (Wildman–Crippen LogP) is 14.7. The fourth-order valence-corrected chi connectivity index (χ4v) is 10.0. The average molecular weight is 727 g/mol. The van der Waals surface area contributed by atoms with Gasteiger partial charge in [-0.1, -0.05) is 153 Å².